The number of likely N-dealkylation sites (tertiary alicyclic amines) is 1. The Morgan fingerprint density at radius 3 is 2.80 bits per heavy atom. The number of nitrogens with zero attached hydrogens (tertiary/aromatic N) is 1. The predicted octanol–water partition coefficient (Wildman–Crippen LogP) is 1.06. The van der Waals surface area contributed by atoms with Gasteiger partial charge in [-0.3, -0.25) is 9.69 Å². The molecule has 0 saturated carbocycles. The van der Waals surface area contributed by atoms with E-state index in [4.69, 9.17) is 0 Å². The summed E-state index contributed by atoms with van der Waals surface area (Å²) in [5.74, 6) is 0.286. The molecule has 1 aliphatic rings. The van der Waals surface area contributed by atoms with Crippen LogP contribution < -0.4 is 0 Å². The van der Waals surface area contributed by atoms with Gasteiger partial charge in [0.25, 0.3) is 0 Å². The van der Waals surface area contributed by atoms with Crippen LogP contribution in [0, 0.1) is 0 Å². The molecule has 0 N–H and O–H groups in total. The summed E-state index contributed by atoms with van der Waals surface area (Å²) in [7, 11) is 0. The molecule has 1 heterocycles. The van der Waals surface area contributed by atoms with Gasteiger partial charge in [0.2, 0.25) is 0 Å². The van der Waals surface area contributed by atoms with Crippen LogP contribution in [0.25, 0.3) is 0 Å². The van der Waals surface area contributed by atoms with Gasteiger partial charge in [-0.2, -0.15) is 0 Å². The minimum Gasteiger partial charge on any atom is -0.299 e. The second-order valence-corrected chi connectivity index (χ2v) is 3.16. The van der Waals surface area contributed by atoms with Gasteiger partial charge >= 0.3 is 0 Å². The van der Waals surface area contributed by atoms with Gasteiger partial charge in [0.15, 0.2) is 0 Å². The van der Waals surface area contributed by atoms with Crippen LogP contribution in [0.5, 0.6) is 0 Å². The van der Waals surface area contributed by atoms with E-state index in [0.29, 0.717) is 12.6 Å². The highest BCUT2D eigenvalue weighted by molar-refractivity contribution is 5.77. The maximum atomic E-state index is 10.7. The molecule has 0 aliphatic carbocycles. The lowest BCUT2D eigenvalue weighted by molar-refractivity contribution is -0.118. The van der Waals surface area contributed by atoms with E-state index in [2.05, 4.69) is 11.8 Å². The summed E-state index contributed by atoms with van der Waals surface area (Å²) < 4.78 is 0. The fourth-order valence-corrected chi connectivity index (χ4v) is 1.51. The fraction of sp³-hybridized carbons (Fsp3) is 0.875. The van der Waals surface area contributed by atoms with Crippen LogP contribution >= 0.6 is 0 Å². The zero-order chi connectivity index (χ0) is 7.56. The molecule has 1 atom stereocenters. The highest BCUT2D eigenvalue weighted by Crippen LogP contribution is 2.15. The summed E-state index contributed by atoms with van der Waals surface area (Å²) in [5.41, 5.74) is 0. The first kappa shape index (κ1) is 7.73. The van der Waals surface area contributed by atoms with Gasteiger partial charge in [0, 0.05) is 6.04 Å². The Balaban J connectivity index is 2.33. The summed E-state index contributed by atoms with van der Waals surface area (Å²) in [6.07, 6.45) is 2.52. The van der Waals surface area contributed by atoms with E-state index in [1.54, 1.807) is 6.92 Å². The molecule has 1 rings (SSSR count). The first-order valence-corrected chi connectivity index (χ1v) is 3.93. The number of carbonyl (C=O) groups excluding carboxylic acids is 1. The van der Waals surface area contributed by atoms with E-state index in [9.17, 15) is 4.79 Å². The molecular formula is C8H15NO. The van der Waals surface area contributed by atoms with Crippen molar-refractivity contribution in [1.29, 1.82) is 0 Å². The number of Topliss-reactive ketones (excluding diaryl/α,β-unsaturated/α-hetero) is 1. The van der Waals surface area contributed by atoms with Crippen LogP contribution in [-0.2, 0) is 4.79 Å². The van der Waals surface area contributed by atoms with Crippen molar-refractivity contribution in [1.82, 2.24) is 4.90 Å². The normalized spacial score (nSPS) is 27.2. The van der Waals surface area contributed by atoms with Gasteiger partial charge in [-0.1, -0.05) is 0 Å². The molecule has 0 radical (unpaired) electrons. The van der Waals surface area contributed by atoms with Gasteiger partial charge in [-0.05, 0) is 33.2 Å². The average Bonchev–Trinajstić information content (AvgIpc) is 2.15. The fourth-order valence-electron chi connectivity index (χ4n) is 1.51. The molecule has 0 amide bonds. The lowest BCUT2D eigenvalue weighted by atomic mass is 10.2. The van der Waals surface area contributed by atoms with Crippen LogP contribution in [0.15, 0.2) is 0 Å². The smallest absolute Gasteiger partial charge is 0.143 e. The van der Waals surface area contributed by atoms with Gasteiger partial charge in [0.05, 0.1) is 6.54 Å². The number of hydrogen-bond donors (Lipinski definition) is 0. The van der Waals surface area contributed by atoms with Gasteiger partial charge < -0.3 is 0 Å². The highest BCUT2D eigenvalue weighted by Gasteiger charge is 2.20. The third-order valence-electron chi connectivity index (χ3n) is 2.12. The maximum Gasteiger partial charge on any atom is 0.143 e. The maximum absolute atomic E-state index is 10.7. The Bertz CT molecular complexity index is 133. The standard InChI is InChI=1S/C8H15NO/c1-7-4-3-5-9(7)6-8(2)10/h7H,3-6H2,1-2H3/t7-/m0/s1. The van der Waals surface area contributed by atoms with Crippen molar-refractivity contribution in [3.05, 3.63) is 0 Å². The van der Waals surface area contributed by atoms with E-state index >= 15 is 0 Å². The van der Waals surface area contributed by atoms with E-state index in [1.807, 2.05) is 0 Å². The Morgan fingerprint density at radius 2 is 2.40 bits per heavy atom. The molecule has 0 aromatic carbocycles. The van der Waals surface area contributed by atoms with Crippen LogP contribution in [0.4, 0.5) is 0 Å². The summed E-state index contributed by atoms with van der Waals surface area (Å²) in [5, 5.41) is 0. The Morgan fingerprint density at radius 1 is 1.70 bits per heavy atom. The van der Waals surface area contributed by atoms with Gasteiger partial charge in [0.1, 0.15) is 5.78 Å². The third kappa shape index (κ3) is 1.81. The van der Waals surface area contributed by atoms with Crippen molar-refractivity contribution in [2.75, 3.05) is 13.1 Å². The number of rotatable bonds is 2. The quantitative estimate of drug-likeness (QED) is 0.573. The van der Waals surface area contributed by atoms with Crippen molar-refractivity contribution >= 4 is 5.78 Å². The monoisotopic (exact) mass is 141 g/mol. The molecule has 1 saturated heterocycles. The van der Waals surface area contributed by atoms with E-state index < -0.39 is 0 Å². The molecule has 2 heteroatoms. The number of hydrogen-bond acceptors (Lipinski definition) is 2. The van der Waals surface area contributed by atoms with Crippen molar-refractivity contribution in [3.63, 3.8) is 0 Å². The van der Waals surface area contributed by atoms with Crippen LogP contribution in [-0.4, -0.2) is 29.8 Å². The Hall–Kier alpha value is -0.370. The highest BCUT2D eigenvalue weighted by atomic mass is 16.1. The Kier molecular flexibility index (Phi) is 2.44. The van der Waals surface area contributed by atoms with Crippen molar-refractivity contribution in [2.45, 2.75) is 32.7 Å². The summed E-state index contributed by atoms with van der Waals surface area (Å²) in [6, 6.07) is 0.629. The molecular weight excluding hydrogens is 126 g/mol. The number of carbonyl (C=O) groups is 1. The van der Waals surface area contributed by atoms with Crippen molar-refractivity contribution < 1.29 is 4.79 Å². The molecule has 0 spiro atoms. The van der Waals surface area contributed by atoms with Gasteiger partial charge in [-0.15, -0.1) is 0 Å². The van der Waals surface area contributed by atoms with Crippen LogP contribution in [0.2, 0.25) is 0 Å². The molecule has 0 bridgehead atoms. The van der Waals surface area contributed by atoms with E-state index in [-0.39, 0.29) is 5.78 Å². The topological polar surface area (TPSA) is 20.3 Å². The SMILES string of the molecule is CC(=O)CN1CCC[C@@H]1C. The first-order valence-electron chi connectivity index (χ1n) is 3.93. The molecule has 1 aliphatic heterocycles. The predicted molar refractivity (Wildman–Crippen MR) is 41.0 cm³/mol. The first-order chi connectivity index (χ1) is 4.70. The van der Waals surface area contributed by atoms with Crippen molar-refractivity contribution in [3.8, 4) is 0 Å². The molecule has 10 heavy (non-hydrogen) atoms. The van der Waals surface area contributed by atoms with Gasteiger partial charge in [-0.25, -0.2) is 0 Å². The third-order valence-corrected chi connectivity index (χ3v) is 2.12. The molecule has 58 valence electrons. The summed E-state index contributed by atoms with van der Waals surface area (Å²) in [6.45, 7) is 5.61. The van der Waals surface area contributed by atoms with E-state index in [0.717, 1.165) is 6.54 Å². The molecule has 1 fully saturated rings. The summed E-state index contributed by atoms with van der Waals surface area (Å²) in [4.78, 5) is 13.0. The van der Waals surface area contributed by atoms with Crippen LogP contribution in [0.1, 0.15) is 26.7 Å². The summed E-state index contributed by atoms with van der Waals surface area (Å²) >= 11 is 0. The minimum absolute atomic E-state index is 0.286. The molecule has 2 nitrogen and oxygen atoms in total. The second kappa shape index (κ2) is 3.15. The average molecular weight is 141 g/mol. The van der Waals surface area contributed by atoms with Crippen molar-refractivity contribution in [2.24, 2.45) is 0 Å². The molecule has 0 aromatic heterocycles. The largest absolute Gasteiger partial charge is 0.299 e. The van der Waals surface area contributed by atoms with Crippen LogP contribution in [0.3, 0.4) is 0 Å². The lowest BCUT2D eigenvalue weighted by Crippen LogP contribution is -2.31. The second-order valence-electron chi connectivity index (χ2n) is 3.16. The van der Waals surface area contributed by atoms with E-state index in [1.165, 1.54) is 12.8 Å². The molecule has 0 aromatic rings. The minimum atomic E-state index is 0.286. The zero-order valence-corrected chi connectivity index (χ0v) is 6.76. The lowest BCUT2D eigenvalue weighted by Gasteiger charge is -2.18. The molecule has 0 unspecified atom stereocenters. The number of ketones is 1. The zero-order valence-electron chi connectivity index (χ0n) is 6.76. The Labute approximate surface area is 62.2 Å².